The van der Waals surface area contributed by atoms with E-state index in [0.717, 1.165) is 30.5 Å². The van der Waals surface area contributed by atoms with Crippen LogP contribution in [0.2, 0.25) is 0 Å². The van der Waals surface area contributed by atoms with Crippen LogP contribution in [0, 0.1) is 0 Å². The zero-order chi connectivity index (χ0) is 66.4. The van der Waals surface area contributed by atoms with E-state index in [1.54, 1.807) is 0 Å². The van der Waals surface area contributed by atoms with Gasteiger partial charge in [0.2, 0.25) is 12.1 Å². The molecule has 0 saturated carbocycles. The summed E-state index contributed by atoms with van der Waals surface area (Å²) in [6.07, 6.45) is -13.4. The van der Waals surface area contributed by atoms with Crippen molar-refractivity contribution in [3.8, 4) is 0 Å². The molecule has 0 amide bonds. The van der Waals surface area contributed by atoms with Gasteiger partial charge >= 0.3 is 29.8 Å². The standard InChI is InChI=1S/C79H74O16/c1-54(80)88-70-68(51-85-77(59-33-15-6-16-34-59,60-35-17-7-18-36-60)61-37-19-8-20-38-61)93-75(73(91-57(4)83)72(70)90-56(3)82)95-76(53-87-79(65-45-27-12-28-46-65,66-47-29-13-30-48-66)67-49-31-14-32-50-67)74(92-58(5)84)71(89-55(2)81)69(94-76)52-86-78(62-39-21-9-22-40-62,63-41-23-10-24-42-63)64-43-25-11-26-44-64/h6-50,68-75H,51-53H2,1-5H3/t68-,69+,70-,71+,72+,73-,74-,75-,76-/m0/s1. The molecule has 9 aromatic rings. The van der Waals surface area contributed by atoms with Gasteiger partial charge in [0.25, 0.3) is 0 Å². The number of esters is 5. The highest BCUT2D eigenvalue weighted by Crippen LogP contribution is 2.49. The van der Waals surface area contributed by atoms with E-state index in [-0.39, 0.29) is 0 Å². The molecule has 2 saturated heterocycles. The maximum atomic E-state index is 14.2. The fourth-order valence-electron chi connectivity index (χ4n) is 13.1. The van der Waals surface area contributed by atoms with Crippen LogP contribution in [0.4, 0.5) is 0 Å². The Labute approximate surface area is 552 Å². The third-order valence-electron chi connectivity index (χ3n) is 16.9. The molecule has 11 rings (SSSR count). The van der Waals surface area contributed by atoms with Gasteiger partial charge in [-0.15, -0.1) is 0 Å². The number of hydrogen-bond acceptors (Lipinski definition) is 16. The van der Waals surface area contributed by atoms with Crippen molar-refractivity contribution in [3.05, 3.63) is 323 Å². The van der Waals surface area contributed by atoms with Crippen LogP contribution >= 0.6 is 0 Å². The lowest BCUT2D eigenvalue weighted by molar-refractivity contribution is -0.390. The number of carbonyl (C=O) groups is 5. The minimum atomic E-state index is -2.55. The Kier molecular flexibility index (Phi) is 21.0. The summed E-state index contributed by atoms with van der Waals surface area (Å²) in [6, 6.07) is 85.7. The summed E-state index contributed by atoms with van der Waals surface area (Å²) in [7, 11) is 0. The maximum Gasteiger partial charge on any atom is 0.303 e. The molecule has 9 aromatic carbocycles. The van der Waals surface area contributed by atoms with E-state index in [4.69, 9.17) is 52.1 Å². The molecule has 2 fully saturated rings. The van der Waals surface area contributed by atoms with Crippen LogP contribution < -0.4 is 0 Å². The van der Waals surface area contributed by atoms with E-state index in [0.29, 0.717) is 33.4 Å². The number of ether oxygens (including phenoxy) is 11. The molecule has 9 atom stereocenters. The first-order valence-corrected chi connectivity index (χ1v) is 31.5. The molecule has 486 valence electrons. The first-order chi connectivity index (χ1) is 46.2. The maximum absolute atomic E-state index is 14.2. The molecule has 16 heteroatoms. The summed E-state index contributed by atoms with van der Waals surface area (Å²) in [6.45, 7) is 4.25. The zero-order valence-electron chi connectivity index (χ0n) is 53.3. The smallest absolute Gasteiger partial charge is 0.303 e. The summed E-state index contributed by atoms with van der Waals surface area (Å²) in [5.74, 6) is -6.79. The van der Waals surface area contributed by atoms with E-state index in [2.05, 4.69) is 0 Å². The molecule has 0 bridgehead atoms. The van der Waals surface area contributed by atoms with E-state index in [1.807, 2.05) is 273 Å². The highest BCUT2D eigenvalue weighted by atomic mass is 16.8. The molecule has 0 unspecified atom stereocenters. The number of benzene rings is 9. The van der Waals surface area contributed by atoms with E-state index in [9.17, 15) is 24.0 Å². The van der Waals surface area contributed by atoms with Crippen LogP contribution in [-0.4, -0.2) is 104 Å². The first kappa shape index (κ1) is 66.5. The van der Waals surface area contributed by atoms with Gasteiger partial charge in [0, 0.05) is 34.6 Å². The lowest BCUT2D eigenvalue weighted by Crippen LogP contribution is -2.66. The van der Waals surface area contributed by atoms with Crippen LogP contribution in [0.3, 0.4) is 0 Å². The second-order valence-corrected chi connectivity index (χ2v) is 23.2. The third-order valence-corrected chi connectivity index (χ3v) is 16.9. The van der Waals surface area contributed by atoms with Crippen LogP contribution in [-0.2, 0) is 92.9 Å². The third kappa shape index (κ3) is 14.3. The quantitative estimate of drug-likeness (QED) is 0.0298. The van der Waals surface area contributed by atoms with Crippen molar-refractivity contribution < 1.29 is 76.1 Å². The number of carbonyl (C=O) groups excluding carboxylic acids is 5. The Bertz CT molecular complexity index is 3670. The Morgan fingerprint density at radius 1 is 0.316 bits per heavy atom. The highest BCUT2D eigenvalue weighted by molar-refractivity contribution is 5.69. The van der Waals surface area contributed by atoms with Gasteiger partial charge in [0.1, 0.15) is 35.6 Å². The average Bonchev–Trinajstić information content (AvgIpc) is 1.73. The van der Waals surface area contributed by atoms with E-state index >= 15 is 0 Å². The van der Waals surface area contributed by atoms with Crippen LogP contribution in [0.15, 0.2) is 273 Å². The Hall–Kier alpha value is -9.91. The van der Waals surface area contributed by atoms with Crippen LogP contribution in [0.1, 0.15) is 84.7 Å². The Morgan fingerprint density at radius 2 is 0.568 bits per heavy atom. The van der Waals surface area contributed by atoms with E-state index < -0.39 is 121 Å². The average molecular weight is 1280 g/mol. The number of hydrogen-bond donors (Lipinski definition) is 0. The zero-order valence-corrected chi connectivity index (χ0v) is 53.3. The topological polar surface area (TPSA) is 187 Å². The Balaban J connectivity index is 1.12. The van der Waals surface area contributed by atoms with Crippen molar-refractivity contribution in [3.63, 3.8) is 0 Å². The van der Waals surface area contributed by atoms with Gasteiger partial charge in [0.05, 0.1) is 13.2 Å². The SMILES string of the molecule is CC(=O)O[C@H]1[C@H](OC(C)=O)[C@H](O[C@]2(COC(c3ccccc3)(c3ccccc3)c3ccccc3)O[C@H](COC(c3ccccc3)(c3ccccc3)c3ccccc3)[C@@H](OC(C)=O)[C@@H]2OC(C)=O)O[C@@H](COC(c2ccccc2)(c2ccccc2)c2ccccc2)[C@@H]1OC(C)=O. The second kappa shape index (κ2) is 30.0. The summed E-state index contributed by atoms with van der Waals surface area (Å²) in [4.78, 5) is 69.3. The van der Waals surface area contributed by atoms with Crippen molar-refractivity contribution in [1.82, 2.24) is 0 Å². The van der Waals surface area contributed by atoms with Crippen molar-refractivity contribution >= 4 is 29.8 Å². The lowest BCUT2D eigenvalue weighted by Gasteiger charge is -2.48. The fourth-order valence-corrected chi connectivity index (χ4v) is 13.1. The summed E-state index contributed by atoms with van der Waals surface area (Å²) in [5, 5.41) is 0. The number of rotatable bonds is 25. The van der Waals surface area contributed by atoms with Gasteiger partial charge in [0.15, 0.2) is 30.5 Å². The minimum absolute atomic E-state index is 0.415. The molecular weight excluding hydrogens is 1200 g/mol. The molecule has 2 aliphatic heterocycles. The first-order valence-electron chi connectivity index (χ1n) is 31.5. The molecule has 2 heterocycles. The predicted octanol–water partition coefficient (Wildman–Crippen LogP) is 12.5. The minimum Gasteiger partial charge on any atom is -0.456 e. The van der Waals surface area contributed by atoms with E-state index in [1.165, 1.54) is 20.8 Å². The molecule has 0 radical (unpaired) electrons. The molecule has 0 N–H and O–H groups in total. The Morgan fingerprint density at radius 3 is 0.863 bits per heavy atom. The largest absolute Gasteiger partial charge is 0.456 e. The molecule has 95 heavy (non-hydrogen) atoms. The molecular formula is C79H74O16. The van der Waals surface area contributed by atoms with Crippen molar-refractivity contribution in [1.29, 1.82) is 0 Å². The molecule has 16 nitrogen and oxygen atoms in total. The summed E-state index contributed by atoms with van der Waals surface area (Å²) < 4.78 is 76.1. The highest BCUT2D eigenvalue weighted by Gasteiger charge is 2.65. The van der Waals surface area contributed by atoms with Crippen LogP contribution in [0.5, 0.6) is 0 Å². The molecule has 0 spiro atoms. The van der Waals surface area contributed by atoms with Gasteiger partial charge < -0.3 is 52.1 Å². The predicted molar refractivity (Wildman–Crippen MR) is 351 cm³/mol. The van der Waals surface area contributed by atoms with Gasteiger partial charge in [-0.05, 0) is 50.1 Å². The summed E-state index contributed by atoms with van der Waals surface area (Å²) in [5.41, 5.74) is 1.86. The molecule has 0 aliphatic carbocycles. The van der Waals surface area contributed by atoms with Gasteiger partial charge in [-0.1, -0.05) is 273 Å². The van der Waals surface area contributed by atoms with Gasteiger partial charge in [-0.2, -0.15) is 0 Å². The molecule has 2 aliphatic rings. The monoisotopic (exact) mass is 1280 g/mol. The summed E-state index contributed by atoms with van der Waals surface area (Å²) >= 11 is 0. The lowest BCUT2D eigenvalue weighted by atomic mass is 9.80. The van der Waals surface area contributed by atoms with Gasteiger partial charge in [-0.3, -0.25) is 24.0 Å². The van der Waals surface area contributed by atoms with Crippen LogP contribution in [0.25, 0.3) is 0 Å². The van der Waals surface area contributed by atoms with Crippen molar-refractivity contribution in [2.45, 2.75) is 106 Å². The molecule has 0 aromatic heterocycles. The van der Waals surface area contributed by atoms with Crippen molar-refractivity contribution in [2.24, 2.45) is 0 Å². The normalized spacial score (nSPS) is 21.1. The fraction of sp³-hybridized carbons (Fsp3) is 0.253. The second-order valence-electron chi connectivity index (χ2n) is 23.2. The van der Waals surface area contributed by atoms with Gasteiger partial charge in [-0.25, -0.2) is 0 Å². The van der Waals surface area contributed by atoms with Crippen molar-refractivity contribution in [2.75, 3.05) is 19.8 Å².